The summed E-state index contributed by atoms with van der Waals surface area (Å²) in [6, 6.07) is 0. The number of rotatable bonds is 80. The predicted molar refractivity (Wildman–Crippen MR) is 438 cm³/mol. The minimum atomic E-state index is -1.52. The Morgan fingerprint density at radius 2 is 0.564 bits per heavy atom. The number of carbonyl (C=O) groups is 3. The van der Waals surface area contributed by atoms with Gasteiger partial charge in [-0.3, -0.25) is 9.59 Å². The third kappa shape index (κ3) is 83.1. The van der Waals surface area contributed by atoms with Crippen molar-refractivity contribution < 1.29 is 42.9 Å². The Balaban J connectivity index is 4.00. The quantitative estimate of drug-likeness (QED) is 0.0211. The largest absolute Gasteiger partial charge is 0.477 e. The summed E-state index contributed by atoms with van der Waals surface area (Å²) in [6.45, 7) is 4.80. The number of unbranched alkanes of at least 4 members (excludes halogenated alkanes) is 47. The van der Waals surface area contributed by atoms with E-state index in [1.165, 1.54) is 263 Å². The van der Waals surface area contributed by atoms with Gasteiger partial charge < -0.3 is 28.5 Å². The smallest absolute Gasteiger partial charge is 0.361 e. The van der Waals surface area contributed by atoms with Crippen LogP contribution >= 0.6 is 0 Å². The summed E-state index contributed by atoms with van der Waals surface area (Å²) in [6.07, 6.45) is 113. The number of carbonyl (C=O) groups excluding carboxylic acids is 2. The van der Waals surface area contributed by atoms with Crippen molar-refractivity contribution in [2.24, 2.45) is 0 Å². The molecule has 0 aromatic carbocycles. The van der Waals surface area contributed by atoms with Crippen molar-refractivity contribution in [3.63, 3.8) is 0 Å². The number of aliphatic carboxylic acids is 1. The maximum atomic E-state index is 13.0. The van der Waals surface area contributed by atoms with Gasteiger partial charge in [0.2, 0.25) is 0 Å². The molecule has 0 aliphatic carbocycles. The molecule has 0 rings (SSSR count). The van der Waals surface area contributed by atoms with E-state index in [0.29, 0.717) is 23.9 Å². The van der Waals surface area contributed by atoms with Crippen molar-refractivity contribution in [3.05, 3.63) is 109 Å². The van der Waals surface area contributed by atoms with Crippen LogP contribution in [-0.4, -0.2) is 87.4 Å². The minimum Gasteiger partial charge on any atom is -0.477 e. The second-order valence-electron chi connectivity index (χ2n) is 30.1. The molecular formula is C92H164NO8+. The second-order valence-corrected chi connectivity index (χ2v) is 30.1. The van der Waals surface area contributed by atoms with Gasteiger partial charge in [-0.15, -0.1) is 0 Å². The molecule has 0 saturated heterocycles. The standard InChI is InChI=1S/C92H163NO8/c1-6-8-10-12-14-16-18-20-22-24-26-28-30-32-34-36-38-40-42-43-44-45-46-47-49-50-52-54-56-58-60-62-64-66-68-70-72-74-76-78-80-82-89(94)99-86-88(87-100-92(91(96)97)98-85-84-93(3,4)5)101-90(95)83-81-79-77-75-73-71-69-67-65-63-61-59-57-55-53-51-48-41-39-37-35-33-31-29-27-25-23-21-19-17-15-13-11-9-7-2/h9,11,15,17,21,23,27,29,33,35,39,41,51,53,57,59,63,65,88,92H,6-8,10,12-14,16,18-20,22,24-26,28,30-32,34,36-38,40,42-50,52,54-56,58,60-62,64,66-87H2,1-5H3/p+1/b11-9-,17-15-,23-21-,29-27-,35-33-,41-39-,53-51-,59-57-,65-63-. The van der Waals surface area contributed by atoms with Gasteiger partial charge in [0.05, 0.1) is 34.4 Å². The van der Waals surface area contributed by atoms with E-state index in [-0.39, 0.29) is 32.2 Å². The summed E-state index contributed by atoms with van der Waals surface area (Å²) in [7, 11) is 5.98. The predicted octanol–water partition coefficient (Wildman–Crippen LogP) is 28.0. The van der Waals surface area contributed by atoms with E-state index < -0.39 is 24.3 Å². The minimum absolute atomic E-state index is 0.182. The topological polar surface area (TPSA) is 108 Å². The molecule has 0 spiro atoms. The van der Waals surface area contributed by atoms with Crippen LogP contribution in [0.1, 0.15) is 399 Å². The SMILES string of the molecule is CC/C=C\C/C=C\C/C=C\C/C=C\C/C=C\C/C=C\C/C=C\C/C=C\C/C=C\CCCCCCCCCC(=O)OC(COC(=O)CCCCCCCCCCCCCCCCCCCCCCCCCCCCCCCCCCCCCCCCCCC)COC(OCC[N+](C)(C)C)C(=O)O. The molecule has 0 saturated carbocycles. The molecule has 0 radical (unpaired) electrons. The Kier molecular flexibility index (Phi) is 78.3. The van der Waals surface area contributed by atoms with Gasteiger partial charge in [0.15, 0.2) is 6.10 Å². The summed E-state index contributed by atoms with van der Waals surface area (Å²) in [5.74, 6) is -2.01. The Morgan fingerprint density at radius 1 is 0.307 bits per heavy atom. The molecule has 0 fully saturated rings. The van der Waals surface area contributed by atoms with Crippen LogP contribution < -0.4 is 0 Å². The number of quaternary nitrogens is 1. The molecule has 2 atom stereocenters. The number of hydrogen-bond donors (Lipinski definition) is 1. The zero-order valence-corrected chi connectivity index (χ0v) is 67.1. The van der Waals surface area contributed by atoms with Gasteiger partial charge in [0.25, 0.3) is 6.29 Å². The van der Waals surface area contributed by atoms with Crippen LogP contribution in [0.3, 0.4) is 0 Å². The molecule has 1 N–H and O–H groups in total. The van der Waals surface area contributed by atoms with Gasteiger partial charge in [-0.2, -0.15) is 0 Å². The van der Waals surface area contributed by atoms with Gasteiger partial charge in [0, 0.05) is 12.8 Å². The zero-order valence-electron chi connectivity index (χ0n) is 67.1. The molecule has 9 nitrogen and oxygen atoms in total. The van der Waals surface area contributed by atoms with Crippen LogP contribution in [0.5, 0.6) is 0 Å². The highest BCUT2D eigenvalue weighted by molar-refractivity contribution is 5.71. The van der Waals surface area contributed by atoms with E-state index in [1.807, 2.05) is 21.1 Å². The lowest BCUT2D eigenvalue weighted by Gasteiger charge is -2.25. The first-order valence-corrected chi connectivity index (χ1v) is 43.1. The van der Waals surface area contributed by atoms with Crippen molar-refractivity contribution in [1.29, 1.82) is 0 Å². The Labute approximate surface area is 625 Å². The fourth-order valence-electron chi connectivity index (χ4n) is 12.5. The fourth-order valence-corrected chi connectivity index (χ4v) is 12.5. The number of esters is 2. The number of ether oxygens (including phenoxy) is 4. The van der Waals surface area contributed by atoms with E-state index in [1.54, 1.807) is 0 Å². The highest BCUT2D eigenvalue weighted by Gasteiger charge is 2.25. The first-order chi connectivity index (χ1) is 49.6. The highest BCUT2D eigenvalue weighted by Crippen LogP contribution is 2.20. The maximum absolute atomic E-state index is 13.0. The van der Waals surface area contributed by atoms with E-state index in [4.69, 9.17) is 18.9 Å². The van der Waals surface area contributed by atoms with Crippen LogP contribution in [0.15, 0.2) is 109 Å². The first-order valence-electron chi connectivity index (χ1n) is 43.1. The maximum Gasteiger partial charge on any atom is 0.361 e. The van der Waals surface area contributed by atoms with E-state index in [9.17, 15) is 19.5 Å². The molecular weight excluding hydrogens is 1250 g/mol. The van der Waals surface area contributed by atoms with Crippen molar-refractivity contribution in [1.82, 2.24) is 0 Å². The summed E-state index contributed by atoms with van der Waals surface area (Å²) < 4.78 is 23.1. The zero-order chi connectivity index (χ0) is 73.2. The molecule has 0 aliphatic heterocycles. The molecule has 101 heavy (non-hydrogen) atoms. The second kappa shape index (κ2) is 81.6. The van der Waals surface area contributed by atoms with Gasteiger partial charge in [-0.05, 0) is 83.5 Å². The third-order valence-corrected chi connectivity index (χ3v) is 19.0. The van der Waals surface area contributed by atoms with Crippen molar-refractivity contribution >= 4 is 17.9 Å². The van der Waals surface area contributed by atoms with Crippen LogP contribution in [-0.2, 0) is 33.3 Å². The summed E-state index contributed by atoms with van der Waals surface area (Å²) in [5, 5.41) is 9.78. The van der Waals surface area contributed by atoms with Crippen LogP contribution in [0, 0.1) is 0 Å². The average molecular weight is 1410 g/mol. The lowest BCUT2D eigenvalue weighted by Crippen LogP contribution is -2.40. The van der Waals surface area contributed by atoms with E-state index >= 15 is 0 Å². The van der Waals surface area contributed by atoms with Gasteiger partial charge in [-0.25, -0.2) is 4.79 Å². The van der Waals surface area contributed by atoms with E-state index in [2.05, 4.69) is 123 Å². The number of allylic oxidation sites excluding steroid dienone is 18. The van der Waals surface area contributed by atoms with Crippen molar-refractivity contribution in [3.8, 4) is 0 Å². The highest BCUT2D eigenvalue weighted by atomic mass is 16.7. The summed E-state index contributed by atoms with van der Waals surface area (Å²) in [4.78, 5) is 37.8. The summed E-state index contributed by atoms with van der Waals surface area (Å²) >= 11 is 0. The molecule has 0 aromatic heterocycles. The summed E-state index contributed by atoms with van der Waals surface area (Å²) in [5.41, 5.74) is 0. The molecule has 0 bridgehead atoms. The van der Waals surface area contributed by atoms with Crippen LogP contribution in [0.25, 0.3) is 0 Å². The monoisotopic (exact) mass is 1410 g/mol. The number of likely N-dealkylation sites (N-methyl/N-ethyl adjacent to an activating group) is 1. The number of carboxylic acids is 1. The molecule has 0 aromatic rings. The number of hydrogen-bond acceptors (Lipinski definition) is 7. The molecule has 9 heteroatoms. The average Bonchev–Trinajstić information content (AvgIpc) is 1.25. The van der Waals surface area contributed by atoms with E-state index in [0.717, 1.165) is 103 Å². The lowest BCUT2D eigenvalue weighted by atomic mass is 10.0. The van der Waals surface area contributed by atoms with Crippen LogP contribution in [0.4, 0.5) is 0 Å². The first kappa shape index (κ1) is 97.0. The van der Waals surface area contributed by atoms with Crippen molar-refractivity contribution in [2.45, 2.75) is 411 Å². The molecule has 0 aliphatic rings. The van der Waals surface area contributed by atoms with Gasteiger partial charge in [-0.1, -0.05) is 412 Å². The van der Waals surface area contributed by atoms with Gasteiger partial charge in [0.1, 0.15) is 13.2 Å². The normalized spacial score (nSPS) is 13.2. The molecule has 0 heterocycles. The van der Waals surface area contributed by atoms with Crippen LogP contribution in [0.2, 0.25) is 0 Å². The third-order valence-electron chi connectivity index (χ3n) is 19.0. The molecule has 584 valence electrons. The Morgan fingerprint density at radius 3 is 0.842 bits per heavy atom. The van der Waals surface area contributed by atoms with Crippen molar-refractivity contribution in [2.75, 3.05) is 47.5 Å². The lowest BCUT2D eigenvalue weighted by molar-refractivity contribution is -0.870. The Hall–Kier alpha value is -4.05. The fraction of sp³-hybridized carbons (Fsp3) is 0.772. The molecule has 0 amide bonds. The number of nitrogens with zero attached hydrogens (tertiary/aromatic N) is 1. The molecule has 2 unspecified atom stereocenters. The number of carboxylic acid groups (broad SMARTS) is 1. The van der Waals surface area contributed by atoms with Gasteiger partial charge >= 0.3 is 17.9 Å². The Bertz CT molecular complexity index is 2040.